The topological polar surface area (TPSA) is 72.2 Å². The van der Waals surface area contributed by atoms with Gasteiger partial charge in [0.1, 0.15) is 10.7 Å². The maximum atomic E-state index is 13.0. The van der Waals surface area contributed by atoms with Gasteiger partial charge in [0.05, 0.1) is 16.7 Å². The van der Waals surface area contributed by atoms with Crippen LogP contribution >= 0.6 is 15.9 Å². The van der Waals surface area contributed by atoms with Crippen molar-refractivity contribution in [3.05, 3.63) is 22.4 Å². The first-order valence-corrected chi connectivity index (χ1v) is 6.54. The average Bonchev–Trinajstić information content (AvgIpc) is 2.20. The standard InChI is InChI=1S/C8H8BrF3N2O2S/c9-4-1-7(6(13)2-5(4)10)17(15,16)14-3-8(11)12/h1-2,8,14H,3,13H2. The highest BCUT2D eigenvalue weighted by atomic mass is 79.9. The lowest BCUT2D eigenvalue weighted by molar-refractivity contribution is 0.153. The molecule has 4 nitrogen and oxygen atoms in total. The normalized spacial score (nSPS) is 12.1. The zero-order chi connectivity index (χ0) is 13.2. The summed E-state index contributed by atoms with van der Waals surface area (Å²) in [5, 5.41) is 0. The number of nitrogens with two attached hydrogens (primary N) is 1. The van der Waals surface area contributed by atoms with Crippen molar-refractivity contribution in [3.63, 3.8) is 0 Å². The highest BCUT2D eigenvalue weighted by Gasteiger charge is 2.20. The molecule has 1 rings (SSSR count). The number of hydrogen-bond donors (Lipinski definition) is 2. The molecule has 17 heavy (non-hydrogen) atoms. The number of sulfonamides is 1. The van der Waals surface area contributed by atoms with Crippen molar-refractivity contribution in [1.29, 1.82) is 0 Å². The van der Waals surface area contributed by atoms with Crippen LogP contribution in [0, 0.1) is 5.82 Å². The molecule has 0 bridgehead atoms. The third-order valence-electron chi connectivity index (χ3n) is 1.77. The van der Waals surface area contributed by atoms with Gasteiger partial charge in [0.25, 0.3) is 6.43 Å². The third kappa shape index (κ3) is 3.58. The Labute approximate surface area is 104 Å². The van der Waals surface area contributed by atoms with Crippen LogP contribution in [-0.4, -0.2) is 21.4 Å². The van der Waals surface area contributed by atoms with Gasteiger partial charge in [-0.15, -0.1) is 0 Å². The molecule has 0 radical (unpaired) electrons. The van der Waals surface area contributed by atoms with Crippen molar-refractivity contribution in [2.45, 2.75) is 11.3 Å². The van der Waals surface area contributed by atoms with Gasteiger partial charge in [0.2, 0.25) is 10.0 Å². The van der Waals surface area contributed by atoms with Crippen LogP contribution in [0.4, 0.5) is 18.9 Å². The van der Waals surface area contributed by atoms with E-state index < -0.39 is 33.7 Å². The predicted molar refractivity (Wildman–Crippen MR) is 59.7 cm³/mol. The van der Waals surface area contributed by atoms with Crippen LogP contribution in [0.5, 0.6) is 0 Å². The van der Waals surface area contributed by atoms with Crippen molar-refractivity contribution in [2.24, 2.45) is 0 Å². The van der Waals surface area contributed by atoms with E-state index in [4.69, 9.17) is 5.73 Å². The molecule has 0 aliphatic heterocycles. The molecule has 0 fully saturated rings. The summed E-state index contributed by atoms with van der Waals surface area (Å²) in [5.74, 6) is -0.740. The summed E-state index contributed by atoms with van der Waals surface area (Å²) in [6.07, 6.45) is -2.82. The third-order valence-corrected chi connectivity index (χ3v) is 3.86. The Morgan fingerprint density at radius 3 is 2.53 bits per heavy atom. The molecule has 0 saturated heterocycles. The summed E-state index contributed by atoms with van der Waals surface area (Å²) >= 11 is 2.78. The van der Waals surface area contributed by atoms with E-state index in [1.165, 1.54) is 0 Å². The minimum Gasteiger partial charge on any atom is -0.398 e. The number of benzene rings is 1. The minimum absolute atomic E-state index is 0.121. The smallest absolute Gasteiger partial charge is 0.251 e. The van der Waals surface area contributed by atoms with Crippen LogP contribution < -0.4 is 10.5 Å². The van der Waals surface area contributed by atoms with E-state index in [0.29, 0.717) is 0 Å². The zero-order valence-corrected chi connectivity index (χ0v) is 10.7. The molecule has 0 amide bonds. The molecule has 0 saturated carbocycles. The fraction of sp³-hybridized carbons (Fsp3) is 0.250. The van der Waals surface area contributed by atoms with Crippen LogP contribution in [0.3, 0.4) is 0 Å². The van der Waals surface area contributed by atoms with E-state index >= 15 is 0 Å². The molecule has 0 aliphatic carbocycles. The van der Waals surface area contributed by atoms with Gasteiger partial charge in [0.15, 0.2) is 0 Å². The zero-order valence-electron chi connectivity index (χ0n) is 8.25. The molecule has 0 unspecified atom stereocenters. The molecule has 1 aromatic carbocycles. The van der Waals surface area contributed by atoms with Gasteiger partial charge in [-0.2, -0.15) is 0 Å². The van der Waals surface area contributed by atoms with Gasteiger partial charge in [-0.1, -0.05) is 0 Å². The second-order valence-corrected chi connectivity index (χ2v) is 5.64. The van der Waals surface area contributed by atoms with E-state index in [1.54, 1.807) is 4.72 Å². The van der Waals surface area contributed by atoms with E-state index in [0.717, 1.165) is 12.1 Å². The second kappa shape index (κ2) is 5.23. The van der Waals surface area contributed by atoms with Crippen LogP contribution in [0.15, 0.2) is 21.5 Å². The highest BCUT2D eigenvalue weighted by Crippen LogP contribution is 2.25. The molecule has 0 heterocycles. The van der Waals surface area contributed by atoms with E-state index in [2.05, 4.69) is 15.9 Å². The number of nitrogen functional groups attached to an aromatic ring is 1. The van der Waals surface area contributed by atoms with Gasteiger partial charge in [-0.25, -0.2) is 26.3 Å². The predicted octanol–water partition coefficient (Wildman–Crippen LogP) is 1.71. The van der Waals surface area contributed by atoms with Crippen molar-refractivity contribution >= 4 is 31.6 Å². The first kappa shape index (κ1) is 14.3. The molecular formula is C8H8BrF3N2O2S. The summed E-state index contributed by atoms with van der Waals surface area (Å²) in [6.45, 7) is -1.03. The Hall–Kier alpha value is -0.800. The van der Waals surface area contributed by atoms with E-state index in [-0.39, 0.29) is 10.2 Å². The van der Waals surface area contributed by atoms with Gasteiger partial charge in [0, 0.05) is 0 Å². The van der Waals surface area contributed by atoms with Gasteiger partial charge in [-0.3, -0.25) is 0 Å². The number of rotatable bonds is 4. The Balaban J connectivity index is 3.11. The van der Waals surface area contributed by atoms with Crippen molar-refractivity contribution in [2.75, 3.05) is 12.3 Å². The molecule has 9 heteroatoms. The molecular weight excluding hydrogens is 325 g/mol. The molecule has 96 valence electrons. The number of nitrogens with one attached hydrogen (secondary N) is 1. The van der Waals surface area contributed by atoms with Crippen LogP contribution in [0.25, 0.3) is 0 Å². The van der Waals surface area contributed by atoms with Gasteiger partial charge < -0.3 is 5.73 Å². The van der Waals surface area contributed by atoms with E-state index in [9.17, 15) is 21.6 Å². The molecule has 0 aliphatic rings. The lowest BCUT2D eigenvalue weighted by Gasteiger charge is -2.09. The fourth-order valence-electron chi connectivity index (χ4n) is 1.03. The summed E-state index contributed by atoms with van der Waals surface area (Å²) in [7, 11) is -4.18. The minimum atomic E-state index is -4.18. The Morgan fingerprint density at radius 2 is 2.00 bits per heavy atom. The largest absolute Gasteiger partial charge is 0.398 e. The number of alkyl halides is 2. The molecule has 0 atom stereocenters. The van der Waals surface area contributed by atoms with Crippen LogP contribution in [-0.2, 0) is 10.0 Å². The lowest BCUT2D eigenvalue weighted by atomic mass is 10.3. The lowest BCUT2D eigenvalue weighted by Crippen LogP contribution is -2.29. The van der Waals surface area contributed by atoms with Crippen molar-refractivity contribution in [3.8, 4) is 0 Å². The summed E-state index contributed by atoms with van der Waals surface area (Å²) in [5.41, 5.74) is 4.96. The summed E-state index contributed by atoms with van der Waals surface area (Å²) in [6, 6.07) is 1.71. The SMILES string of the molecule is Nc1cc(F)c(Br)cc1S(=O)(=O)NCC(F)F. The summed E-state index contributed by atoms with van der Waals surface area (Å²) < 4.78 is 61.4. The molecule has 0 aromatic heterocycles. The monoisotopic (exact) mass is 332 g/mol. The Kier molecular flexibility index (Phi) is 4.39. The van der Waals surface area contributed by atoms with Gasteiger partial charge >= 0.3 is 0 Å². The maximum absolute atomic E-state index is 13.0. The van der Waals surface area contributed by atoms with E-state index in [1.807, 2.05) is 0 Å². The number of anilines is 1. The van der Waals surface area contributed by atoms with Crippen molar-refractivity contribution < 1.29 is 21.6 Å². The van der Waals surface area contributed by atoms with Gasteiger partial charge in [-0.05, 0) is 28.1 Å². The molecule has 0 spiro atoms. The Bertz CT molecular complexity index is 522. The second-order valence-electron chi connectivity index (χ2n) is 3.05. The molecule has 1 aromatic rings. The van der Waals surface area contributed by atoms with Crippen LogP contribution in [0.1, 0.15) is 0 Å². The first-order chi connectivity index (χ1) is 7.74. The fourth-order valence-corrected chi connectivity index (χ4v) is 2.67. The maximum Gasteiger partial charge on any atom is 0.251 e. The highest BCUT2D eigenvalue weighted by molar-refractivity contribution is 9.10. The first-order valence-electron chi connectivity index (χ1n) is 4.26. The summed E-state index contributed by atoms with van der Waals surface area (Å²) in [4.78, 5) is -0.452. The quantitative estimate of drug-likeness (QED) is 0.824. The molecule has 3 N–H and O–H groups in total. The Morgan fingerprint density at radius 1 is 1.41 bits per heavy atom. The average molecular weight is 333 g/mol. The number of halogens is 4. The van der Waals surface area contributed by atoms with Crippen LogP contribution in [0.2, 0.25) is 0 Å². The number of hydrogen-bond acceptors (Lipinski definition) is 3. The van der Waals surface area contributed by atoms with Crippen molar-refractivity contribution in [1.82, 2.24) is 4.72 Å².